The maximum Gasteiger partial charge on any atom is 0.429 e. The Hall–Kier alpha value is -5.18. The highest BCUT2D eigenvalue weighted by atomic mass is 19.1. The van der Waals surface area contributed by atoms with E-state index in [-0.39, 0.29) is 49.3 Å². The van der Waals surface area contributed by atoms with E-state index in [1.807, 2.05) is 0 Å². The van der Waals surface area contributed by atoms with Gasteiger partial charge in [-0.05, 0) is 64.5 Å². The summed E-state index contributed by atoms with van der Waals surface area (Å²) in [4.78, 5) is 55.2. The van der Waals surface area contributed by atoms with E-state index in [9.17, 15) is 28.0 Å². The van der Waals surface area contributed by atoms with Crippen LogP contribution in [0, 0.1) is 35.8 Å². The van der Waals surface area contributed by atoms with Crippen LogP contribution in [-0.4, -0.2) is 41.3 Å². The minimum absolute atomic E-state index is 0.00493. The molecule has 254 valence electrons. The number of halogens is 2. The molecule has 12 heteroatoms. The van der Waals surface area contributed by atoms with Crippen molar-refractivity contribution in [2.45, 2.75) is 65.7 Å². The van der Waals surface area contributed by atoms with E-state index in [1.54, 1.807) is 58.0 Å². The molecule has 48 heavy (non-hydrogen) atoms. The number of amides is 3. The fourth-order valence-electron chi connectivity index (χ4n) is 5.38. The predicted octanol–water partition coefficient (Wildman–Crippen LogP) is 5.31. The predicted molar refractivity (Wildman–Crippen MR) is 176 cm³/mol. The molecule has 1 heterocycles. The van der Waals surface area contributed by atoms with Gasteiger partial charge in [0, 0.05) is 43.4 Å². The van der Waals surface area contributed by atoms with Crippen LogP contribution < -0.4 is 25.8 Å². The standard InChI is InChI=1S/C36H40F2N4O6/c1-6-23-13-14-25(17-23)20-42(35(46)48-36(3,4)5)41-21-28(33(44)40-19-26-15-16-27(37)18-29(26)38)31(43)32(30(41)34(45)39-7-2)47-22-24-11-9-8-10-12-24/h1,8-12,15-16,18,21,23,25H,7,13-14,17,19-20,22H2,2-5H3,(H,39,45)(H,40,44)/t23-,25+/m1/s1. The van der Waals surface area contributed by atoms with Gasteiger partial charge in [-0.25, -0.2) is 23.3 Å². The van der Waals surface area contributed by atoms with Gasteiger partial charge >= 0.3 is 6.09 Å². The van der Waals surface area contributed by atoms with Crippen LogP contribution in [0.15, 0.2) is 59.5 Å². The summed E-state index contributed by atoms with van der Waals surface area (Å²) in [6.07, 6.45) is 7.98. The minimum atomic E-state index is -0.943. The molecule has 3 aromatic rings. The molecule has 0 aliphatic heterocycles. The van der Waals surface area contributed by atoms with Gasteiger partial charge in [0.2, 0.25) is 5.43 Å². The first-order chi connectivity index (χ1) is 22.8. The minimum Gasteiger partial charge on any atom is -0.482 e. The van der Waals surface area contributed by atoms with Crippen LogP contribution >= 0.6 is 0 Å². The average Bonchev–Trinajstić information content (AvgIpc) is 3.50. The number of pyridine rings is 1. The normalized spacial score (nSPS) is 15.7. The fourth-order valence-corrected chi connectivity index (χ4v) is 5.38. The van der Waals surface area contributed by atoms with Gasteiger partial charge in [0.15, 0.2) is 11.4 Å². The molecule has 1 saturated carbocycles. The van der Waals surface area contributed by atoms with Crippen LogP contribution in [-0.2, 0) is 17.9 Å². The number of ether oxygens (including phenoxy) is 2. The quantitative estimate of drug-likeness (QED) is 0.269. The molecule has 0 saturated heterocycles. The summed E-state index contributed by atoms with van der Waals surface area (Å²) >= 11 is 0. The molecule has 0 radical (unpaired) electrons. The number of carbonyl (C=O) groups is 3. The largest absolute Gasteiger partial charge is 0.482 e. The first-order valence-corrected chi connectivity index (χ1v) is 15.7. The Bertz CT molecular complexity index is 1750. The third-order valence-corrected chi connectivity index (χ3v) is 7.70. The SMILES string of the molecule is C#C[C@@H]1CC[C@H](CN(C(=O)OC(C)(C)C)n2cc(C(=O)NCc3ccc(F)cc3F)c(=O)c(OCc3ccccc3)c2C(=O)NCC)C1. The highest BCUT2D eigenvalue weighted by Crippen LogP contribution is 2.31. The zero-order valence-corrected chi connectivity index (χ0v) is 27.5. The van der Waals surface area contributed by atoms with Crippen molar-refractivity contribution >= 4 is 17.9 Å². The van der Waals surface area contributed by atoms with Gasteiger partial charge in [-0.2, -0.15) is 0 Å². The Morgan fingerprint density at radius 1 is 1.06 bits per heavy atom. The molecule has 0 unspecified atom stereocenters. The van der Waals surface area contributed by atoms with E-state index >= 15 is 0 Å². The van der Waals surface area contributed by atoms with Crippen LogP contribution in [0.5, 0.6) is 5.75 Å². The third kappa shape index (κ3) is 9.00. The highest BCUT2D eigenvalue weighted by molar-refractivity contribution is 5.99. The summed E-state index contributed by atoms with van der Waals surface area (Å²) in [5, 5.41) is 6.32. The smallest absolute Gasteiger partial charge is 0.429 e. The lowest BCUT2D eigenvalue weighted by atomic mass is 10.1. The number of benzene rings is 2. The van der Waals surface area contributed by atoms with E-state index in [0.717, 1.165) is 23.4 Å². The monoisotopic (exact) mass is 662 g/mol. The lowest BCUT2D eigenvalue weighted by Gasteiger charge is -2.32. The molecule has 3 amide bonds. The average molecular weight is 663 g/mol. The molecule has 0 spiro atoms. The summed E-state index contributed by atoms with van der Waals surface area (Å²) in [5.41, 5.74) is -2.04. The van der Waals surface area contributed by atoms with E-state index in [0.29, 0.717) is 24.5 Å². The van der Waals surface area contributed by atoms with E-state index < -0.39 is 51.9 Å². The Morgan fingerprint density at radius 2 is 1.79 bits per heavy atom. The Kier molecular flexibility index (Phi) is 11.6. The van der Waals surface area contributed by atoms with Gasteiger partial charge in [0.25, 0.3) is 11.8 Å². The second-order valence-electron chi connectivity index (χ2n) is 12.6. The van der Waals surface area contributed by atoms with Crippen molar-refractivity contribution in [1.82, 2.24) is 15.3 Å². The van der Waals surface area contributed by atoms with Crippen molar-refractivity contribution < 1.29 is 32.6 Å². The van der Waals surface area contributed by atoms with Gasteiger partial charge in [-0.3, -0.25) is 14.4 Å². The molecule has 0 bridgehead atoms. The summed E-state index contributed by atoms with van der Waals surface area (Å²) in [6.45, 7) is 6.44. The Labute approximate surface area is 278 Å². The van der Waals surface area contributed by atoms with Crippen molar-refractivity contribution in [3.63, 3.8) is 0 Å². The molecular weight excluding hydrogens is 622 g/mol. The zero-order chi connectivity index (χ0) is 35.0. The molecule has 2 N–H and O–H groups in total. The van der Waals surface area contributed by atoms with Gasteiger partial charge in [-0.1, -0.05) is 36.4 Å². The summed E-state index contributed by atoms with van der Waals surface area (Å²) in [6, 6.07) is 11.8. The molecule has 2 atom stereocenters. The van der Waals surface area contributed by atoms with E-state index in [2.05, 4.69) is 16.6 Å². The zero-order valence-electron chi connectivity index (χ0n) is 27.5. The summed E-state index contributed by atoms with van der Waals surface area (Å²) < 4.78 is 40.7. The number of hydrogen-bond acceptors (Lipinski definition) is 6. The lowest BCUT2D eigenvalue weighted by molar-refractivity contribution is 0.0526. The van der Waals surface area contributed by atoms with Crippen LogP contribution in [0.25, 0.3) is 0 Å². The van der Waals surface area contributed by atoms with Crippen molar-refractivity contribution in [3.8, 4) is 18.1 Å². The first-order valence-electron chi connectivity index (χ1n) is 15.7. The van der Waals surface area contributed by atoms with E-state index in [1.165, 1.54) is 11.1 Å². The topological polar surface area (TPSA) is 119 Å². The number of terminal acetylenes is 1. The van der Waals surface area contributed by atoms with Gasteiger partial charge in [-0.15, -0.1) is 12.3 Å². The number of nitrogens with zero attached hydrogens (tertiary/aromatic N) is 2. The van der Waals surface area contributed by atoms with E-state index in [4.69, 9.17) is 15.9 Å². The lowest BCUT2D eigenvalue weighted by Crippen LogP contribution is -2.49. The molecule has 4 rings (SSSR count). The van der Waals surface area contributed by atoms with Gasteiger partial charge < -0.3 is 20.1 Å². The number of aromatic nitrogens is 1. The molecule has 2 aromatic carbocycles. The van der Waals surface area contributed by atoms with Crippen LogP contribution in [0.4, 0.5) is 13.6 Å². The molecule has 10 nitrogen and oxygen atoms in total. The molecule has 1 aliphatic carbocycles. The Morgan fingerprint density at radius 3 is 2.42 bits per heavy atom. The Balaban J connectivity index is 1.88. The highest BCUT2D eigenvalue weighted by Gasteiger charge is 2.35. The van der Waals surface area contributed by atoms with Crippen molar-refractivity contribution in [3.05, 3.63) is 99.0 Å². The van der Waals surface area contributed by atoms with Crippen molar-refractivity contribution in [1.29, 1.82) is 0 Å². The molecular formula is C36H40F2N4O6. The number of nitrogens with one attached hydrogen (secondary N) is 2. The molecule has 1 aliphatic rings. The van der Waals surface area contributed by atoms with Gasteiger partial charge in [0.1, 0.15) is 29.4 Å². The number of hydrogen-bond donors (Lipinski definition) is 2. The molecule has 1 fully saturated rings. The first kappa shape index (κ1) is 35.7. The van der Waals surface area contributed by atoms with Gasteiger partial charge in [0.05, 0.1) is 0 Å². The van der Waals surface area contributed by atoms with Crippen molar-refractivity contribution in [2.75, 3.05) is 18.1 Å². The van der Waals surface area contributed by atoms with Crippen molar-refractivity contribution in [2.24, 2.45) is 11.8 Å². The van der Waals surface area contributed by atoms with Crippen LogP contribution in [0.3, 0.4) is 0 Å². The maximum absolute atomic E-state index is 14.4. The van der Waals surface area contributed by atoms with Crippen LogP contribution in [0.1, 0.15) is 78.9 Å². The van der Waals surface area contributed by atoms with Crippen LogP contribution in [0.2, 0.25) is 0 Å². The third-order valence-electron chi connectivity index (χ3n) is 7.70. The number of rotatable bonds is 11. The maximum atomic E-state index is 14.4. The fraction of sp³-hybridized carbons (Fsp3) is 0.389. The second kappa shape index (κ2) is 15.6. The summed E-state index contributed by atoms with van der Waals surface area (Å²) in [7, 11) is 0. The summed E-state index contributed by atoms with van der Waals surface area (Å²) in [5.74, 6) is -1.16. The molecule has 1 aromatic heterocycles. The second-order valence-corrected chi connectivity index (χ2v) is 12.6. The number of carbonyl (C=O) groups excluding carboxylic acids is 3.